The maximum absolute atomic E-state index is 12.9. The van der Waals surface area contributed by atoms with Crippen LogP contribution in [-0.4, -0.2) is 41.8 Å². The Bertz CT molecular complexity index is 306. The lowest BCUT2D eigenvalue weighted by atomic mass is 9.94. The molecule has 2 atom stereocenters. The molecular weight excluding hydrogens is 244 g/mol. The van der Waals surface area contributed by atoms with E-state index in [9.17, 15) is 18.7 Å². The third-order valence-electron chi connectivity index (χ3n) is 2.78. The summed E-state index contributed by atoms with van der Waals surface area (Å²) >= 11 is 0. The third kappa shape index (κ3) is 4.49. The molecule has 0 radical (unpaired) electrons. The van der Waals surface area contributed by atoms with E-state index < -0.39 is 30.0 Å². The summed E-state index contributed by atoms with van der Waals surface area (Å²) in [7, 11) is 0. The minimum atomic E-state index is -3.37. The highest BCUT2D eigenvalue weighted by atomic mass is 19.3. The highest BCUT2D eigenvalue weighted by Crippen LogP contribution is 2.30. The van der Waals surface area contributed by atoms with Gasteiger partial charge >= 0.3 is 11.9 Å². The van der Waals surface area contributed by atoms with Gasteiger partial charge in [-0.1, -0.05) is 13.8 Å². The van der Waals surface area contributed by atoms with Crippen LogP contribution >= 0.6 is 0 Å². The largest absolute Gasteiger partial charge is 0.456 e. The van der Waals surface area contributed by atoms with E-state index in [1.807, 2.05) is 13.8 Å². The predicted octanol–water partition coefficient (Wildman–Crippen LogP) is 1.32. The van der Waals surface area contributed by atoms with Crippen LogP contribution in [0.3, 0.4) is 0 Å². The number of alkyl halides is 2. The van der Waals surface area contributed by atoms with Gasteiger partial charge in [0.05, 0.1) is 12.0 Å². The number of carbonyl (C=O) groups is 1. The molecule has 1 heterocycles. The first-order valence-corrected chi connectivity index (χ1v) is 6.14. The zero-order valence-electron chi connectivity index (χ0n) is 11.0. The van der Waals surface area contributed by atoms with Crippen LogP contribution in [0.25, 0.3) is 0 Å². The number of cyclic esters (lactones) is 1. The van der Waals surface area contributed by atoms with Crippen molar-refractivity contribution in [3.8, 4) is 0 Å². The van der Waals surface area contributed by atoms with Crippen LogP contribution in [0.4, 0.5) is 8.78 Å². The lowest BCUT2D eigenvalue weighted by Crippen LogP contribution is -2.41. The summed E-state index contributed by atoms with van der Waals surface area (Å²) in [5, 5.41) is 12.9. The molecule has 1 rings (SSSR count). The predicted molar refractivity (Wildman–Crippen MR) is 62.4 cm³/mol. The summed E-state index contributed by atoms with van der Waals surface area (Å²) < 4.78 is 30.3. The van der Waals surface area contributed by atoms with Crippen LogP contribution in [0.5, 0.6) is 0 Å². The Morgan fingerprint density at radius 2 is 2.22 bits per heavy atom. The smallest absolute Gasteiger partial charge is 0.377 e. The van der Waals surface area contributed by atoms with Gasteiger partial charge in [-0.25, -0.2) is 4.79 Å². The summed E-state index contributed by atoms with van der Waals surface area (Å²) in [5.74, 6) is -4.48. The molecule has 0 aromatic carbocycles. The van der Waals surface area contributed by atoms with E-state index >= 15 is 0 Å². The second-order valence-corrected chi connectivity index (χ2v) is 5.66. The molecule has 2 unspecified atom stereocenters. The molecule has 4 nitrogen and oxygen atoms in total. The lowest BCUT2D eigenvalue weighted by Gasteiger charge is -2.26. The Hall–Kier alpha value is -0.750. The minimum absolute atomic E-state index is 0.134. The van der Waals surface area contributed by atoms with Crippen molar-refractivity contribution in [1.29, 1.82) is 0 Å². The van der Waals surface area contributed by atoms with Crippen molar-refractivity contribution in [3.05, 3.63) is 0 Å². The summed E-state index contributed by atoms with van der Waals surface area (Å²) in [5.41, 5.74) is -0.890. The first-order valence-electron chi connectivity index (χ1n) is 6.14. The number of aliphatic hydroxyl groups is 1. The minimum Gasteiger partial charge on any atom is -0.456 e. The number of esters is 1. The van der Waals surface area contributed by atoms with Crippen molar-refractivity contribution < 1.29 is 23.4 Å². The Labute approximate surface area is 106 Å². The standard InChI is InChI=1S/C12H21F2NO3/c1-8(2)4-11(3,17)7-15-6-9-5-12(13,14)10(16)18-9/h8-9,15,17H,4-7H2,1-3H3. The van der Waals surface area contributed by atoms with Gasteiger partial charge in [-0.2, -0.15) is 8.78 Å². The van der Waals surface area contributed by atoms with Gasteiger partial charge in [0.15, 0.2) is 0 Å². The number of carbonyl (C=O) groups excluding carboxylic acids is 1. The van der Waals surface area contributed by atoms with Gasteiger partial charge in [-0.3, -0.25) is 0 Å². The van der Waals surface area contributed by atoms with E-state index in [4.69, 9.17) is 0 Å². The number of rotatable bonds is 6. The van der Waals surface area contributed by atoms with Crippen LogP contribution in [-0.2, 0) is 9.53 Å². The molecule has 106 valence electrons. The second kappa shape index (κ2) is 5.48. The highest BCUT2D eigenvalue weighted by Gasteiger charge is 2.50. The van der Waals surface area contributed by atoms with Gasteiger partial charge in [0.1, 0.15) is 6.10 Å². The molecule has 0 bridgehead atoms. The fraction of sp³-hybridized carbons (Fsp3) is 0.917. The molecule has 6 heteroatoms. The van der Waals surface area contributed by atoms with Crippen molar-refractivity contribution in [2.24, 2.45) is 5.92 Å². The molecule has 1 aliphatic heterocycles. The SMILES string of the molecule is CC(C)CC(C)(O)CNCC1CC(F)(F)C(=O)O1. The summed E-state index contributed by atoms with van der Waals surface area (Å²) in [4.78, 5) is 10.8. The number of halogens is 2. The normalized spacial score (nSPS) is 26.2. The molecule has 18 heavy (non-hydrogen) atoms. The molecule has 1 fully saturated rings. The van der Waals surface area contributed by atoms with Crippen LogP contribution in [0.1, 0.15) is 33.6 Å². The van der Waals surface area contributed by atoms with Crippen LogP contribution in [0.2, 0.25) is 0 Å². The van der Waals surface area contributed by atoms with Crippen molar-refractivity contribution in [2.75, 3.05) is 13.1 Å². The molecule has 0 amide bonds. The molecule has 0 spiro atoms. The molecule has 2 N–H and O–H groups in total. The Morgan fingerprint density at radius 3 is 2.67 bits per heavy atom. The van der Waals surface area contributed by atoms with E-state index in [1.165, 1.54) is 0 Å². The molecule has 0 aliphatic carbocycles. The van der Waals surface area contributed by atoms with Gasteiger partial charge in [-0.15, -0.1) is 0 Å². The highest BCUT2D eigenvalue weighted by molar-refractivity contribution is 5.79. The first-order chi connectivity index (χ1) is 8.12. The van der Waals surface area contributed by atoms with Crippen molar-refractivity contribution >= 4 is 5.97 Å². The summed E-state index contributed by atoms with van der Waals surface area (Å²) in [6.07, 6.45) is -0.798. The Kier molecular flexibility index (Phi) is 4.66. The number of nitrogens with one attached hydrogen (secondary N) is 1. The van der Waals surface area contributed by atoms with Gasteiger partial charge in [0.2, 0.25) is 0 Å². The summed E-state index contributed by atoms with van der Waals surface area (Å²) in [6, 6.07) is 0. The molecule has 0 aromatic rings. The maximum Gasteiger partial charge on any atom is 0.377 e. The van der Waals surface area contributed by atoms with Crippen LogP contribution in [0.15, 0.2) is 0 Å². The van der Waals surface area contributed by atoms with E-state index in [-0.39, 0.29) is 13.1 Å². The number of ether oxygens (including phenoxy) is 1. The van der Waals surface area contributed by atoms with Gasteiger partial charge < -0.3 is 15.2 Å². The lowest BCUT2D eigenvalue weighted by molar-refractivity contribution is -0.159. The van der Waals surface area contributed by atoms with Crippen LogP contribution in [0, 0.1) is 5.92 Å². The molecule has 1 saturated heterocycles. The monoisotopic (exact) mass is 265 g/mol. The molecular formula is C12H21F2NO3. The van der Waals surface area contributed by atoms with Gasteiger partial charge in [0, 0.05) is 13.1 Å². The molecule has 0 saturated carbocycles. The van der Waals surface area contributed by atoms with Gasteiger partial charge in [0.25, 0.3) is 0 Å². The fourth-order valence-electron chi connectivity index (χ4n) is 2.22. The van der Waals surface area contributed by atoms with Crippen LogP contribution < -0.4 is 5.32 Å². The Morgan fingerprint density at radius 1 is 1.61 bits per heavy atom. The maximum atomic E-state index is 12.9. The van der Waals surface area contributed by atoms with E-state index in [0.717, 1.165) is 0 Å². The third-order valence-corrected chi connectivity index (χ3v) is 2.78. The van der Waals surface area contributed by atoms with E-state index in [1.54, 1.807) is 6.92 Å². The van der Waals surface area contributed by atoms with Crippen molar-refractivity contribution in [3.63, 3.8) is 0 Å². The van der Waals surface area contributed by atoms with Gasteiger partial charge in [-0.05, 0) is 19.3 Å². The average Bonchev–Trinajstić information content (AvgIpc) is 2.37. The quantitative estimate of drug-likeness (QED) is 0.711. The van der Waals surface area contributed by atoms with E-state index in [0.29, 0.717) is 12.3 Å². The Balaban J connectivity index is 2.29. The fourth-order valence-corrected chi connectivity index (χ4v) is 2.22. The molecule has 1 aliphatic rings. The molecule has 0 aromatic heterocycles. The average molecular weight is 265 g/mol. The number of hydrogen-bond donors (Lipinski definition) is 2. The first kappa shape index (κ1) is 15.3. The zero-order chi connectivity index (χ0) is 14.0. The number of hydrogen-bond acceptors (Lipinski definition) is 4. The van der Waals surface area contributed by atoms with Crippen molar-refractivity contribution in [2.45, 2.75) is 51.2 Å². The van der Waals surface area contributed by atoms with E-state index in [2.05, 4.69) is 10.1 Å². The second-order valence-electron chi connectivity index (χ2n) is 5.66. The van der Waals surface area contributed by atoms with Crippen molar-refractivity contribution in [1.82, 2.24) is 5.32 Å². The topological polar surface area (TPSA) is 58.6 Å². The summed E-state index contributed by atoms with van der Waals surface area (Å²) in [6.45, 7) is 6.09. The zero-order valence-corrected chi connectivity index (χ0v) is 11.0.